The van der Waals surface area contributed by atoms with Crippen molar-refractivity contribution in [2.24, 2.45) is 5.73 Å². The zero-order valence-electron chi connectivity index (χ0n) is 18.3. The summed E-state index contributed by atoms with van der Waals surface area (Å²) in [5.74, 6) is -6.09. The summed E-state index contributed by atoms with van der Waals surface area (Å²) in [7, 11) is 0. The van der Waals surface area contributed by atoms with Crippen LogP contribution in [0.1, 0.15) is 68.0 Å². The molecular formula is C23H20N4O7. The van der Waals surface area contributed by atoms with Crippen LogP contribution in [0.15, 0.2) is 30.5 Å². The lowest BCUT2D eigenvalue weighted by atomic mass is 9.95. The van der Waals surface area contributed by atoms with Crippen molar-refractivity contribution in [3.05, 3.63) is 58.4 Å². The average Bonchev–Trinajstić information content (AvgIpc) is 3.04. The van der Waals surface area contributed by atoms with Gasteiger partial charge in [0, 0.05) is 6.42 Å². The molecule has 2 aliphatic heterocycles. The number of nitrogens with two attached hydrogens (primary N) is 1. The minimum Gasteiger partial charge on any atom is -0.481 e. The Kier molecular flexibility index (Phi) is 5.48. The number of amides is 5. The van der Waals surface area contributed by atoms with Crippen molar-refractivity contribution < 1.29 is 33.9 Å². The number of piperidine rings is 1. The molecule has 2 aliphatic rings. The van der Waals surface area contributed by atoms with E-state index in [-0.39, 0.29) is 46.5 Å². The van der Waals surface area contributed by atoms with Gasteiger partial charge in [-0.1, -0.05) is 12.1 Å². The van der Waals surface area contributed by atoms with E-state index in [0.717, 1.165) is 16.0 Å². The van der Waals surface area contributed by atoms with Gasteiger partial charge in [-0.05, 0) is 38.0 Å². The molecule has 174 valence electrons. The topological polar surface area (TPSA) is 168 Å². The second-order valence-electron chi connectivity index (χ2n) is 8.10. The highest BCUT2D eigenvalue weighted by atomic mass is 16.4. The Morgan fingerprint density at radius 3 is 2.24 bits per heavy atom. The highest BCUT2D eigenvalue weighted by Gasteiger charge is 2.47. The summed E-state index contributed by atoms with van der Waals surface area (Å²) in [5, 5.41) is 9.33. The number of carbonyl (C=O) groups excluding carboxylic acids is 5. The van der Waals surface area contributed by atoms with Crippen molar-refractivity contribution in [3.63, 3.8) is 0 Å². The summed E-state index contributed by atoms with van der Waals surface area (Å²) >= 11 is 0. The van der Waals surface area contributed by atoms with Crippen LogP contribution in [0.5, 0.6) is 0 Å². The molecule has 2 atom stereocenters. The van der Waals surface area contributed by atoms with Gasteiger partial charge >= 0.3 is 5.97 Å². The molecular weight excluding hydrogens is 444 g/mol. The second-order valence-corrected chi connectivity index (χ2v) is 8.10. The van der Waals surface area contributed by atoms with Crippen LogP contribution in [-0.2, 0) is 14.4 Å². The predicted octanol–water partition coefficient (Wildman–Crippen LogP) is 0.995. The normalized spacial score (nSPS) is 18.8. The Hall–Kier alpha value is -4.41. The number of hydrogen-bond donors (Lipinski definition) is 2. The summed E-state index contributed by atoms with van der Waals surface area (Å²) in [6, 6.07) is 4.94. The number of carboxylic acid groups (broad SMARTS) is 1. The van der Waals surface area contributed by atoms with Gasteiger partial charge in [-0.2, -0.15) is 0 Å². The first kappa shape index (κ1) is 22.8. The van der Waals surface area contributed by atoms with Gasteiger partial charge in [0.2, 0.25) is 5.91 Å². The molecule has 1 unspecified atom stereocenters. The van der Waals surface area contributed by atoms with Crippen LogP contribution in [0.4, 0.5) is 5.69 Å². The van der Waals surface area contributed by atoms with Crippen LogP contribution in [0.25, 0.3) is 0 Å². The number of benzene rings is 1. The molecule has 0 spiro atoms. The van der Waals surface area contributed by atoms with Gasteiger partial charge in [-0.25, -0.2) is 4.90 Å². The highest BCUT2D eigenvalue weighted by Crippen LogP contribution is 2.34. The largest absolute Gasteiger partial charge is 0.481 e. The van der Waals surface area contributed by atoms with Crippen LogP contribution >= 0.6 is 0 Å². The third-order valence-electron chi connectivity index (χ3n) is 6.13. The van der Waals surface area contributed by atoms with Crippen molar-refractivity contribution >= 4 is 41.2 Å². The van der Waals surface area contributed by atoms with Crippen molar-refractivity contribution in [1.29, 1.82) is 0 Å². The van der Waals surface area contributed by atoms with Gasteiger partial charge in [0.05, 0.1) is 40.2 Å². The SMILES string of the molecule is Cc1c(N2C(=O)CC[C@H](N3C(=O)c4ccccc4C3=O)C2=O)cnc(C(C)C(=O)O)c1C(N)=O. The number of primary amides is 1. The fourth-order valence-corrected chi connectivity index (χ4v) is 4.34. The van der Waals surface area contributed by atoms with Crippen LogP contribution in [0.2, 0.25) is 0 Å². The zero-order valence-corrected chi connectivity index (χ0v) is 18.3. The molecule has 34 heavy (non-hydrogen) atoms. The Morgan fingerprint density at radius 1 is 1.12 bits per heavy atom. The van der Waals surface area contributed by atoms with E-state index in [1.807, 2.05) is 0 Å². The van der Waals surface area contributed by atoms with Gasteiger partial charge in [0.1, 0.15) is 6.04 Å². The summed E-state index contributed by atoms with van der Waals surface area (Å²) in [4.78, 5) is 81.3. The van der Waals surface area contributed by atoms with Gasteiger partial charge in [-0.15, -0.1) is 0 Å². The summed E-state index contributed by atoms with van der Waals surface area (Å²) in [6.45, 7) is 2.74. The number of aromatic nitrogens is 1. The quantitative estimate of drug-likeness (QED) is 0.618. The lowest BCUT2D eigenvalue weighted by molar-refractivity contribution is -0.138. The molecule has 1 fully saturated rings. The van der Waals surface area contributed by atoms with E-state index < -0.39 is 47.5 Å². The van der Waals surface area contributed by atoms with E-state index in [1.165, 1.54) is 26.0 Å². The number of carboxylic acids is 1. The van der Waals surface area contributed by atoms with E-state index in [4.69, 9.17) is 5.73 Å². The molecule has 3 heterocycles. The van der Waals surface area contributed by atoms with Crippen molar-refractivity contribution in [1.82, 2.24) is 9.88 Å². The standard InChI is InChI=1S/C23H20N4O7/c1-10-15(9-25-18(11(2)23(33)34)17(10)19(24)29)26-16(28)8-7-14(22(26)32)27-20(30)12-5-3-4-6-13(12)21(27)31/h3-6,9,11,14H,7-8H2,1-2H3,(H2,24,29)(H,33,34)/t11?,14-/m0/s1. The number of carbonyl (C=O) groups is 6. The summed E-state index contributed by atoms with van der Waals surface area (Å²) in [5.41, 5.74) is 5.53. The lowest BCUT2D eigenvalue weighted by Gasteiger charge is -2.35. The van der Waals surface area contributed by atoms with Crippen molar-refractivity contribution in [3.8, 4) is 0 Å². The fraction of sp³-hybridized carbons (Fsp3) is 0.261. The molecule has 1 saturated heterocycles. The number of rotatable bonds is 5. The Balaban J connectivity index is 1.77. The van der Waals surface area contributed by atoms with Crippen LogP contribution in [0, 0.1) is 6.92 Å². The Morgan fingerprint density at radius 2 is 1.71 bits per heavy atom. The highest BCUT2D eigenvalue weighted by molar-refractivity contribution is 6.26. The molecule has 0 aliphatic carbocycles. The lowest BCUT2D eigenvalue weighted by Crippen LogP contribution is -2.56. The molecule has 11 nitrogen and oxygen atoms in total. The van der Waals surface area contributed by atoms with E-state index in [9.17, 15) is 33.9 Å². The van der Waals surface area contributed by atoms with Crippen LogP contribution < -0.4 is 10.6 Å². The minimum atomic E-state index is -1.24. The fourth-order valence-electron chi connectivity index (χ4n) is 4.34. The molecule has 5 amide bonds. The third-order valence-corrected chi connectivity index (χ3v) is 6.13. The van der Waals surface area contributed by atoms with E-state index in [2.05, 4.69) is 4.98 Å². The molecule has 1 aromatic heterocycles. The molecule has 1 aromatic carbocycles. The molecule has 2 aromatic rings. The zero-order chi connectivity index (χ0) is 24.9. The number of nitrogens with zero attached hydrogens (tertiary/aromatic N) is 3. The monoisotopic (exact) mass is 464 g/mol. The number of fused-ring (bicyclic) bond motifs is 1. The number of aliphatic carboxylic acids is 1. The van der Waals surface area contributed by atoms with Gasteiger partial charge < -0.3 is 10.8 Å². The van der Waals surface area contributed by atoms with E-state index >= 15 is 0 Å². The molecule has 0 saturated carbocycles. The van der Waals surface area contributed by atoms with E-state index in [0.29, 0.717) is 0 Å². The van der Waals surface area contributed by atoms with Crippen molar-refractivity contribution in [2.75, 3.05) is 4.90 Å². The smallest absolute Gasteiger partial charge is 0.312 e. The molecule has 0 radical (unpaired) electrons. The Bertz CT molecular complexity index is 1270. The van der Waals surface area contributed by atoms with E-state index in [1.54, 1.807) is 12.1 Å². The maximum absolute atomic E-state index is 13.4. The third kappa shape index (κ3) is 3.33. The first-order valence-corrected chi connectivity index (χ1v) is 10.4. The van der Waals surface area contributed by atoms with Crippen molar-refractivity contribution in [2.45, 2.75) is 38.6 Å². The maximum atomic E-state index is 13.4. The number of pyridine rings is 1. The number of anilines is 1. The number of hydrogen-bond acceptors (Lipinski definition) is 7. The van der Waals surface area contributed by atoms with Crippen LogP contribution in [0.3, 0.4) is 0 Å². The molecule has 11 heteroatoms. The first-order chi connectivity index (χ1) is 16.1. The Labute approximate surface area is 193 Å². The average molecular weight is 464 g/mol. The summed E-state index contributed by atoms with van der Waals surface area (Å²) in [6.07, 6.45) is 0.919. The summed E-state index contributed by atoms with van der Waals surface area (Å²) < 4.78 is 0. The van der Waals surface area contributed by atoms with Gasteiger partial charge in [0.25, 0.3) is 23.6 Å². The minimum absolute atomic E-state index is 0.0527. The second kappa shape index (κ2) is 8.18. The molecule has 3 N–H and O–H groups in total. The molecule has 0 bridgehead atoms. The molecule has 4 rings (SSSR count). The number of imide groups is 2. The maximum Gasteiger partial charge on any atom is 0.312 e. The van der Waals surface area contributed by atoms with Gasteiger partial charge in [-0.3, -0.25) is 38.7 Å². The first-order valence-electron chi connectivity index (χ1n) is 10.4. The van der Waals surface area contributed by atoms with Crippen LogP contribution in [-0.4, -0.2) is 56.5 Å². The predicted molar refractivity (Wildman–Crippen MR) is 116 cm³/mol. The van der Waals surface area contributed by atoms with Gasteiger partial charge in [0.15, 0.2) is 0 Å².